The fourth-order valence-electron chi connectivity index (χ4n) is 3.04. The maximum absolute atomic E-state index is 12.7. The molecule has 6 nitrogen and oxygen atoms in total. The first kappa shape index (κ1) is 19.4. The van der Waals surface area contributed by atoms with Gasteiger partial charge in [0, 0.05) is 5.69 Å². The molecule has 0 saturated carbocycles. The van der Waals surface area contributed by atoms with Crippen LogP contribution < -0.4 is 9.62 Å². The standard InChI is InChI=1S/C19H19ClN2O4S/c1-3-13-6-4-5-7-17(13)21-18(23)15-10-14(8-9-16(15)20)22-19(24)12(2)11-27(22,25)26/h4-10,12H,3,11H2,1-2H3,(H,21,23). The van der Waals surface area contributed by atoms with Gasteiger partial charge in [-0.05, 0) is 36.2 Å². The molecule has 1 fully saturated rings. The van der Waals surface area contributed by atoms with Crippen LogP contribution in [-0.4, -0.2) is 26.0 Å². The number of halogens is 1. The van der Waals surface area contributed by atoms with E-state index in [4.69, 9.17) is 11.6 Å². The molecule has 2 aromatic carbocycles. The highest BCUT2D eigenvalue weighted by Crippen LogP contribution is 2.31. The molecule has 2 amide bonds. The van der Waals surface area contributed by atoms with Crippen LogP contribution in [0.25, 0.3) is 0 Å². The Morgan fingerprint density at radius 2 is 1.96 bits per heavy atom. The van der Waals surface area contributed by atoms with E-state index in [1.807, 2.05) is 25.1 Å². The summed E-state index contributed by atoms with van der Waals surface area (Å²) in [6.07, 6.45) is 0.739. The Hall–Kier alpha value is -2.38. The Labute approximate surface area is 163 Å². The van der Waals surface area contributed by atoms with Crippen LogP contribution in [0.1, 0.15) is 29.8 Å². The van der Waals surface area contributed by atoms with Crippen molar-refractivity contribution in [3.63, 3.8) is 0 Å². The minimum Gasteiger partial charge on any atom is -0.322 e. The van der Waals surface area contributed by atoms with Crippen molar-refractivity contribution < 1.29 is 18.0 Å². The monoisotopic (exact) mass is 406 g/mol. The van der Waals surface area contributed by atoms with E-state index >= 15 is 0 Å². The predicted octanol–water partition coefficient (Wildman–Crippen LogP) is 3.47. The molecule has 3 rings (SSSR count). The Morgan fingerprint density at radius 3 is 2.59 bits per heavy atom. The third-order valence-corrected chi connectivity index (χ3v) is 6.63. The average Bonchev–Trinajstić information content (AvgIpc) is 2.83. The van der Waals surface area contributed by atoms with Gasteiger partial charge in [-0.2, -0.15) is 0 Å². The van der Waals surface area contributed by atoms with Crippen LogP contribution in [0.2, 0.25) is 5.02 Å². The molecule has 0 radical (unpaired) electrons. The van der Waals surface area contributed by atoms with Gasteiger partial charge in [0.15, 0.2) is 0 Å². The molecule has 0 spiro atoms. The number of nitrogens with one attached hydrogen (secondary N) is 1. The molecule has 8 heteroatoms. The van der Waals surface area contributed by atoms with Crippen molar-refractivity contribution in [1.82, 2.24) is 0 Å². The first-order valence-corrected chi connectivity index (χ1v) is 10.5. The summed E-state index contributed by atoms with van der Waals surface area (Å²) in [5.41, 5.74) is 1.83. The number of nitrogens with zero attached hydrogens (tertiary/aromatic N) is 1. The molecule has 27 heavy (non-hydrogen) atoms. The second kappa shape index (κ2) is 7.32. The highest BCUT2D eigenvalue weighted by atomic mass is 35.5. The molecule has 0 bridgehead atoms. The molecule has 1 N–H and O–H groups in total. The van der Waals surface area contributed by atoms with Gasteiger partial charge in [-0.15, -0.1) is 0 Å². The molecule has 1 atom stereocenters. The summed E-state index contributed by atoms with van der Waals surface area (Å²) in [5, 5.41) is 2.97. The highest BCUT2D eigenvalue weighted by molar-refractivity contribution is 7.94. The van der Waals surface area contributed by atoms with Crippen LogP contribution >= 0.6 is 11.6 Å². The lowest BCUT2D eigenvalue weighted by Crippen LogP contribution is -2.30. The zero-order valence-corrected chi connectivity index (χ0v) is 16.5. The summed E-state index contributed by atoms with van der Waals surface area (Å²) < 4.78 is 25.3. The molecule has 1 saturated heterocycles. The molecular formula is C19H19ClN2O4S. The zero-order valence-electron chi connectivity index (χ0n) is 14.9. The number of hydrogen-bond acceptors (Lipinski definition) is 4. The van der Waals surface area contributed by atoms with Gasteiger partial charge in [-0.1, -0.05) is 43.6 Å². The second-order valence-electron chi connectivity index (χ2n) is 6.41. The predicted molar refractivity (Wildman–Crippen MR) is 106 cm³/mol. The first-order valence-electron chi connectivity index (χ1n) is 8.50. The van der Waals surface area contributed by atoms with Crippen molar-refractivity contribution in [3.8, 4) is 0 Å². The lowest BCUT2D eigenvalue weighted by Gasteiger charge is -2.17. The van der Waals surface area contributed by atoms with Crippen molar-refractivity contribution in [3.05, 3.63) is 58.6 Å². The van der Waals surface area contributed by atoms with Crippen LogP contribution in [0.5, 0.6) is 0 Å². The molecule has 142 valence electrons. The smallest absolute Gasteiger partial charge is 0.257 e. The second-order valence-corrected chi connectivity index (χ2v) is 8.68. The summed E-state index contributed by atoms with van der Waals surface area (Å²) in [6, 6.07) is 11.6. The number of aryl methyl sites for hydroxylation is 1. The van der Waals surface area contributed by atoms with Crippen molar-refractivity contribution >= 4 is 44.8 Å². The van der Waals surface area contributed by atoms with E-state index in [-0.39, 0.29) is 22.0 Å². The van der Waals surface area contributed by atoms with Gasteiger partial charge in [0.2, 0.25) is 15.9 Å². The summed E-state index contributed by atoms with van der Waals surface area (Å²) in [4.78, 5) is 25.0. The van der Waals surface area contributed by atoms with Gasteiger partial charge in [-0.25, -0.2) is 12.7 Å². The van der Waals surface area contributed by atoms with Crippen molar-refractivity contribution in [2.45, 2.75) is 20.3 Å². The number of benzene rings is 2. The third kappa shape index (κ3) is 3.70. The molecule has 1 heterocycles. The Kier molecular flexibility index (Phi) is 5.26. The van der Waals surface area contributed by atoms with E-state index in [1.165, 1.54) is 18.2 Å². The van der Waals surface area contributed by atoms with E-state index in [1.54, 1.807) is 13.0 Å². The Morgan fingerprint density at radius 1 is 1.26 bits per heavy atom. The number of anilines is 2. The Balaban J connectivity index is 1.96. The summed E-state index contributed by atoms with van der Waals surface area (Å²) >= 11 is 6.16. The quantitative estimate of drug-likeness (QED) is 0.842. The zero-order chi connectivity index (χ0) is 19.8. The van der Waals surface area contributed by atoms with Crippen molar-refractivity contribution in [2.75, 3.05) is 15.4 Å². The lowest BCUT2D eigenvalue weighted by molar-refractivity contribution is -0.119. The SMILES string of the molecule is CCc1ccccc1NC(=O)c1cc(N2C(=O)C(C)CS2(=O)=O)ccc1Cl. The molecule has 1 unspecified atom stereocenters. The largest absolute Gasteiger partial charge is 0.322 e. The molecule has 2 aromatic rings. The van der Waals surface area contributed by atoms with Crippen LogP contribution in [0.15, 0.2) is 42.5 Å². The molecular weight excluding hydrogens is 388 g/mol. The van der Waals surface area contributed by atoms with E-state index in [9.17, 15) is 18.0 Å². The fraction of sp³-hybridized carbons (Fsp3) is 0.263. The fourth-order valence-corrected chi connectivity index (χ4v) is 5.06. The topological polar surface area (TPSA) is 83.6 Å². The summed E-state index contributed by atoms with van der Waals surface area (Å²) in [6.45, 7) is 3.54. The van der Waals surface area contributed by atoms with Gasteiger partial charge in [-0.3, -0.25) is 9.59 Å². The minimum atomic E-state index is -3.75. The molecule has 1 aliphatic rings. The normalized spacial score (nSPS) is 18.6. The van der Waals surface area contributed by atoms with Crippen LogP contribution in [0, 0.1) is 5.92 Å². The number of rotatable bonds is 4. The number of carbonyl (C=O) groups is 2. The van der Waals surface area contributed by atoms with Gasteiger partial charge in [0.1, 0.15) is 0 Å². The molecule has 0 aromatic heterocycles. The molecule has 1 aliphatic heterocycles. The lowest BCUT2D eigenvalue weighted by atomic mass is 10.1. The van der Waals surface area contributed by atoms with E-state index < -0.39 is 27.8 Å². The van der Waals surface area contributed by atoms with Crippen molar-refractivity contribution in [2.24, 2.45) is 5.92 Å². The number of carbonyl (C=O) groups excluding carboxylic acids is 2. The number of hydrogen-bond donors (Lipinski definition) is 1. The van der Waals surface area contributed by atoms with Gasteiger partial charge < -0.3 is 5.32 Å². The maximum Gasteiger partial charge on any atom is 0.257 e. The van der Waals surface area contributed by atoms with Gasteiger partial charge >= 0.3 is 0 Å². The highest BCUT2D eigenvalue weighted by Gasteiger charge is 2.42. The van der Waals surface area contributed by atoms with Crippen molar-refractivity contribution in [1.29, 1.82) is 0 Å². The maximum atomic E-state index is 12.7. The van der Waals surface area contributed by atoms with Gasteiger partial charge in [0.05, 0.1) is 27.9 Å². The van der Waals surface area contributed by atoms with E-state index in [0.29, 0.717) is 5.69 Å². The van der Waals surface area contributed by atoms with E-state index in [2.05, 4.69) is 5.32 Å². The summed E-state index contributed by atoms with van der Waals surface area (Å²) in [7, 11) is -3.75. The Bertz CT molecular complexity index is 1020. The minimum absolute atomic E-state index is 0.0997. The number of sulfonamides is 1. The molecule has 0 aliphatic carbocycles. The van der Waals surface area contributed by atoms with E-state index in [0.717, 1.165) is 16.3 Å². The summed E-state index contributed by atoms with van der Waals surface area (Å²) in [5.74, 6) is -1.86. The van der Waals surface area contributed by atoms with Crippen LogP contribution in [0.4, 0.5) is 11.4 Å². The van der Waals surface area contributed by atoms with Crippen LogP contribution in [-0.2, 0) is 21.2 Å². The first-order chi connectivity index (χ1) is 12.7. The number of para-hydroxylation sites is 1. The number of amides is 2. The van der Waals surface area contributed by atoms with Gasteiger partial charge in [0.25, 0.3) is 5.91 Å². The van der Waals surface area contributed by atoms with Crippen LogP contribution in [0.3, 0.4) is 0 Å². The third-order valence-electron chi connectivity index (χ3n) is 4.44. The average molecular weight is 407 g/mol.